The van der Waals surface area contributed by atoms with Crippen molar-refractivity contribution in [1.29, 1.82) is 0 Å². The lowest BCUT2D eigenvalue weighted by Gasteiger charge is -2.23. The number of rotatable bonds is 11. The maximum absolute atomic E-state index is 12.5. The van der Waals surface area contributed by atoms with Gasteiger partial charge in [-0.3, -0.25) is 9.69 Å². The lowest BCUT2D eigenvalue weighted by molar-refractivity contribution is -0.143. The number of hydrogen-bond acceptors (Lipinski definition) is 4. The van der Waals surface area contributed by atoms with Crippen LogP contribution in [0.2, 0.25) is 0 Å². The van der Waals surface area contributed by atoms with E-state index >= 15 is 0 Å². The molecule has 6 nitrogen and oxygen atoms in total. The monoisotopic (exact) mass is 417 g/mol. The minimum atomic E-state index is -4.25. The number of benzene rings is 1. The Labute approximate surface area is 169 Å². The minimum Gasteiger partial charge on any atom is -0.445 e. The van der Waals surface area contributed by atoms with Crippen LogP contribution in [0.15, 0.2) is 30.3 Å². The Morgan fingerprint density at radius 2 is 1.86 bits per heavy atom. The normalized spacial score (nSPS) is 13.6. The Bertz CT molecular complexity index is 626. The first-order valence-corrected chi connectivity index (χ1v) is 9.62. The average molecular weight is 417 g/mol. The van der Waals surface area contributed by atoms with Gasteiger partial charge < -0.3 is 15.4 Å². The second kappa shape index (κ2) is 12.3. The van der Waals surface area contributed by atoms with Crippen LogP contribution in [0.4, 0.5) is 18.0 Å². The standard InChI is InChI=1S/C20H30F3N3O3/c1-4-15(2)17(25-19(28)29-13-16-9-6-5-7-10-16)18(27)24-11-8-12-26(3)14-20(21,22)23/h5-7,9-10,15,17H,4,8,11-14H2,1-3H3,(H,24,27)(H,25,28)/t15-,17-/m0/s1. The van der Waals surface area contributed by atoms with Crippen molar-refractivity contribution < 1.29 is 27.5 Å². The first-order valence-electron chi connectivity index (χ1n) is 9.62. The molecule has 0 heterocycles. The van der Waals surface area contributed by atoms with Crippen LogP contribution >= 0.6 is 0 Å². The number of carbonyl (C=O) groups is 2. The number of ether oxygens (including phenoxy) is 1. The third kappa shape index (κ3) is 10.7. The van der Waals surface area contributed by atoms with Gasteiger partial charge in [0.1, 0.15) is 12.6 Å². The highest BCUT2D eigenvalue weighted by Crippen LogP contribution is 2.15. The molecule has 1 rings (SSSR count). The molecule has 1 aromatic carbocycles. The molecule has 0 bridgehead atoms. The van der Waals surface area contributed by atoms with Gasteiger partial charge in [-0.05, 0) is 31.5 Å². The number of carbonyl (C=O) groups excluding carboxylic acids is 2. The Morgan fingerprint density at radius 1 is 1.21 bits per heavy atom. The van der Waals surface area contributed by atoms with E-state index < -0.39 is 24.9 Å². The van der Waals surface area contributed by atoms with E-state index in [1.165, 1.54) is 7.05 Å². The van der Waals surface area contributed by atoms with Crippen LogP contribution in [0.3, 0.4) is 0 Å². The van der Waals surface area contributed by atoms with Crippen LogP contribution in [0.1, 0.15) is 32.3 Å². The topological polar surface area (TPSA) is 70.7 Å². The number of hydrogen-bond donors (Lipinski definition) is 2. The molecule has 9 heteroatoms. The molecule has 29 heavy (non-hydrogen) atoms. The van der Waals surface area contributed by atoms with Crippen molar-refractivity contribution in [3.8, 4) is 0 Å². The van der Waals surface area contributed by atoms with Crippen LogP contribution in [0.5, 0.6) is 0 Å². The van der Waals surface area contributed by atoms with Gasteiger partial charge >= 0.3 is 12.3 Å². The molecule has 0 radical (unpaired) electrons. The molecule has 0 aliphatic carbocycles. The predicted molar refractivity (Wildman–Crippen MR) is 104 cm³/mol. The Balaban J connectivity index is 2.44. The lowest BCUT2D eigenvalue weighted by Crippen LogP contribution is -2.50. The predicted octanol–water partition coefficient (Wildman–Crippen LogP) is 3.33. The smallest absolute Gasteiger partial charge is 0.408 e. The van der Waals surface area contributed by atoms with Gasteiger partial charge in [0.15, 0.2) is 0 Å². The fraction of sp³-hybridized carbons (Fsp3) is 0.600. The van der Waals surface area contributed by atoms with Gasteiger partial charge in [-0.25, -0.2) is 4.79 Å². The summed E-state index contributed by atoms with van der Waals surface area (Å²) in [6, 6.07) is 8.38. The molecule has 2 atom stereocenters. The molecule has 0 aromatic heterocycles. The van der Waals surface area contributed by atoms with Gasteiger partial charge in [0.25, 0.3) is 0 Å². The van der Waals surface area contributed by atoms with E-state index in [1.807, 2.05) is 44.2 Å². The van der Waals surface area contributed by atoms with E-state index in [0.717, 1.165) is 10.5 Å². The van der Waals surface area contributed by atoms with Gasteiger partial charge in [-0.15, -0.1) is 0 Å². The first-order chi connectivity index (χ1) is 13.6. The van der Waals surface area contributed by atoms with E-state index in [0.29, 0.717) is 12.8 Å². The summed E-state index contributed by atoms with van der Waals surface area (Å²) in [5.74, 6) is -0.512. The maximum Gasteiger partial charge on any atom is 0.408 e. The zero-order chi connectivity index (χ0) is 21.9. The van der Waals surface area contributed by atoms with Gasteiger partial charge in [-0.1, -0.05) is 50.6 Å². The summed E-state index contributed by atoms with van der Waals surface area (Å²) in [4.78, 5) is 25.7. The van der Waals surface area contributed by atoms with E-state index in [2.05, 4.69) is 10.6 Å². The second-order valence-electron chi connectivity index (χ2n) is 7.07. The zero-order valence-corrected chi connectivity index (χ0v) is 17.1. The number of alkyl halides is 3. The van der Waals surface area contributed by atoms with Crippen molar-refractivity contribution in [2.45, 2.75) is 45.5 Å². The van der Waals surface area contributed by atoms with Crippen molar-refractivity contribution in [3.63, 3.8) is 0 Å². The highest BCUT2D eigenvalue weighted by molar-refractivity contribution is 5.85. The summed E-state index contributed by atoms with van der Waals surface area (Å²) >= 11 is 0. The summed E-state index contributed by atoms with van der Waals surface area (Å²) in [6.45, 7) is 3.24. The van der Waals surface area contributed by atoms with Crippen molar-refractivity contribution in [2.24, 2.45) is 5.92 Å². The van der Waals surface area contributed by atoms with E-state index in [9.17, 15) is 22.8 Å². The van der Waals surface area contributed by atoms with Crippen LogP contribution in [0, 0.1) is 5.92 Å². The van der Waals surface area contributed by atoms with Crippen molar-refractivity contribution >= 4 is 12.0 Å². The van der Waals surface area contributed by atoms with Gasteiger partial charge in [-0.2, -0.15) is 13.2 Å². The molecule has 0 spiro atoms. The van der Waals surface area contributed by atoms with Crippen LogP contribution in [-0.4, -0.2) is 55.8 Å². The quantitative estimate of drug-likeness (QED) is 0.542. The Morgan fingerprint density at radius 3 is 2.45 bits per heavy atom. The number of amides is 2. The third-order valence-corrected chi connectivity index (χ3v) is 4.45. The van der Waals surface area contributed by atoms with Gasteiger partial charge in [0, 0.05) is 6.54 Å². The molecule has 0 saturated carbocycles. The zero-order valence-electron chi connectivity index (χ0n) is 17.1. The Kier molecular flexibility index (Phi) is 10.5. The molecular weight excluding hydrogens is 387 g/mol. The molecular formula is C20H30F3N3O3. The minimum absolute atomic E-state index is 0.0903. The largest absolute Gasteiger partial charge is 0.445 e. The van der Waals surface area contributed by atoms with E-state index in [4.69, 9.17) is 4.74 Å². The second-order valence-corrected chi connectivity index (χ2v) is 7.07. The van der Waals surface area contributed by atoms with Crippen molar-refractivity contribution in [1.82, 2.24) is 15.5 Å². The van der Waals surface area contributed by atoms with Crippen LogP contribution < -0.4 is 10.6 Å². The number of alkyl carbamates (subject to hydrolysis) is 1. The highest BCUT2D eigenvalue weighted by Gasteiger charge is 2.29. The van der Waals surface area contributed by atoms with Crippen LogP contribution in [0.25, 0.3) is 0 Å². The van der Waals surface area contributed by atoms with Crippen molar-refractivity contribution in [2.75, 3.05) is 26.7 Å². The number of halogens is 3. The number of nitrogens with zero attached hydrogens (tertiary/aromatic N) is 1. The molecule has 0 aliphatic heterocycles. The van der Waals surface area contributed by atoms with Crippen LogP contribution in [-0.2, 0) is 16.1 Å². The molecule has 1 aromatic rings. The summed E-state index contributed by atoms with van der Waals surface area (Å²) in [5, 5.41) is 5.26. The summed E-state index contributed by atoms with van der Waals surface area (Å²) in [6.07, 6.45) is -3.92. The van der Waals surface area contributed by atoms with E-state index in [-0.39, 0.29) is 31.5 Å². The fourth-order valence-corrected chi connectivity index (χ4v) is 2.65. The summed E-state index contributed by atoms with van der Waals surface area (Å²) in [5.41, 5.74) is 0.829. The van der Waals surface area contributed by atoms with E-state index in [1.54, 1.807) is 0 Å². The molecule has 2 N–H and O–H groups in total. The maximum atomic E-state index is 12.5. The van der Waals surface area contributed by atoms with Gasteiger partial charge in [0.2, 0.25) is 5.91 Å². The summed E-state index contributed by atoms with van der Waals surface area (Å²) in [7, 11) is 1.38. The third-order valence-electron chi connectivity index (χ3n) is 4.45. The first kappa shape index (κ1) is 24.7. The molecule has 0 unspecified atom stereocenters. The SMILES string of the molecule is CC[C@H](C)[C@H](NC(=O)OCc1ccccc1)C(=O)NCCCN(C)CC(F)(F)F. The van der Waals surface area contributed by atoms with Gasteiger partial charge in [0.05, 0.1) is 6.54 Å². The Hall–Kier alpha value is -2.29. The molecule has 164 valence electrons. The average Bonchev–Trinajstić information content (AvgIpc) is 2.66. The lowest BCUT2D eigenvalue weighted by atomic mass is 9.98. The fourth-order valence-electron chi connectivity index (χ4n) is 2.65. The molecule has 2 amide bonds. The highest BCUT2D eigenvalue weighted by atomic mass is 19.4. The molecule has 0 saturated heterocycles. The molecule has 0 fully saturated rings. The molecule has 0 aliphatic rings. The number of nitrogens with one attached hydrogen (secondary N) is 2. The van der Waals surface area contributed by atoms with Crippen molar-refractivity contribution in [3.05, 3.63) is 35.9 Å². The summed E-state index contributed by atoms with van der Waals surface area (Å²) < 4.78 is 42.1.